The number of esters is 1. The van der Waals surface area contributed by atoms with Crippen molar-refractivity contribution in [2.45, 2.75) is 64.3 Å². The van der Waals surface area contributed by atoms with Gasteiger partial charge in [-0.2, -0.15) is 0 Å². The topological polar surface area (TPSA) is 81.5 Å². The lowest BCUT2D eigenvalue weighted by Gasteiger charge is -2.20. The fourth-order valence-corrected chi connectivity index (χ4v) is 4.34. The number of amides is 1. The smallest absolute Gasteiger partial charge is 0.338 e. The van der Waals surface area contributed by atoms with Crippen molar-refractivity contribution in [1.29, 1.82) is 0 Å². The number of hydrogen-bond acceptors (Lipinski definition) is 5. The Morgan fingerprint density at radius 1 is 0.933 bits per heavy atom. The van der Waals surface area contributed by atoms with Crippen molar-refractivity contribution in [3.8, 4) is 0 Å². The molecule has 4 rings (SSSR count). The molecule has 7 nitrogen and oxygen atoms in total. The van der Waals surface area contributed by atoms with Crippen LogP contribution in [0.15, 0.2) is 23.0 Å². The predicted octanol–water partition coefficient (Wildman–Crippen LogP) is 3.07. The second kappa shape index (κ2) is 9.41. The molecule has 2 aliphatic heterocycles. The highest BCUT2D eigenvalue weighted by molar-refractivity contribution is 5.95. The molecule has 0 N–H and O–H groups in total. The number of carbonyl (C=O) groups excluding carboxylic acids is 2. The molecule has 0 saturated carbocycles. The SMILES string of the molecule is O=C(OCC(=O)N1CCCCCC1)c1ccc2c(=O)n3c(nc2c1)CCCCCC3. The molecule has 3 heterocycles. The summed E-state index contributed by atoms with van der Waals surface area (Å²) in [5.41, 5.74) is 0.780. The van der Waals surface area contributed by atoms with Crippen LogP contribution in [0, 0.1) is 0 Å². The molecular formula is C23H29N3O4. The third kappa shape index (κ3) is 4.55. The number of fused-ring (bicyclic) bond motifs is 2. The zero-order valence-corrected chi connectivity index (χ0v) is 17.4. The van der Waals surface area contributed by atoms with E-state index < -0.39 is 5.97 Å². The van der Waals surface area contributed by atoms with Gasteiger partial charge in [0.1, 0.15) is 5.82 Å². The van der Waals surface area contributed by atoms with E-state index in [-0.39, 0.29) is 18.1 Å². The second-order valence-corrected chi connectivity index (χ2v) is 8.25. The summed E-state index contributed by atoms with van der Waals surface area (Å²) in [6.45, 7) is 1.90. The van der Waals surface area contributed by atoms with E-state index in [1.54, 1.807) is 27.7 Å². The monoisotopic (exact) mass is 411 g/mol. The molecule has 1 aromatic heterocycles. The highest BCUT2D eigenvalue weighted by Crippen LogP contribution is 2.17. The maximum absolute atomic E-state index is 12.9. The van der Waals surface area contributed by atoms with Crippen LogP contribution in [0.3, 0.4) is 0 Å². The minimum atomic E-state index is -0.561. The van der Waals surface area contributed by atoms with E-state index in [1.807, 2.05) is 0 Å². The molecule has 1 fully saturated rings. The van der Waals surface area contributed by atoms with Gasteiger partial charge in [0.15, 0.2) is 6.61 Å². The minimum Gasteiger partial charge on any atom is -0.452 e. The second-order valence-electron chi connectivity index (χ2n) is 8.25. The maximum Gasteiger partial charge on any atom is 0.338 e. The Morgan fingerprint density at radius 3 is 2.40 bits per heavy atom. The summed E-state index contributed by atoms with van der Waals surface area (Å²) in [7, 11) is 0. The van der Waals surface area contributed by atoms with Gasteiger partial charge in [0.05, 0.1) is 16.5 Å². The Morgan fingerprint density at radius 2 is 1.63 bits per heavy atom. The number of hydrogen-bond donors (Lipinski definition) is 0. The van der Waals surface area contributed by atoms with E-state index in [0.29, 0.717) is 23.0 Å². The highest BCUT2D eigenvalue weighted by Gasteiger charge is 2.19. The Kier molecular flexibility index (Phi) is 6.45. The molecule has 0 radical (unpaired) electrons. The zero-order valence-electron chi connectivity index (χ0n) is 17.4. The number of carbonyl (C=O) groups is 2. The average Bonchev–Trinajstić information content (AvgIpc) is 3.02. The molecule has 0 bridgehead atoms. The maximum atomic E-state index is 12.9. The average molecular weight is 412 g/mol. The van der Waals surface area contributed by atoms with Crippen LogP contribution in [0.5, 0.6) is 0 Å². The van der Waals surface area contributed by atoms with Gasteiger partial charge in [-0.15, -0.1) is 0 Å². The van der Waals surface area contributed by atoms with Crippen LogP contribution in [0.1, 0.15) is 67.5 Å². The molecular weight excluding hydrogens is 382 g/mol. The van der Waals surface area contributed by atoms with Gasteiger partial charge in [0, 0.05) is 26.1 Å². The molecule has 0 unspecified atom stereocenters. The third-order valence-electron chi connectivity index (χ3n) is 6.09. The van der Waals surface area contributed by atoms with E-state index in [1.165, 1.54) is 0 Å². The fraction of sp³-hybridized carbons (Fsp3) is 0.565. The molecule has 2 aromatic rings. The molecule has 1 aromatic carbocycles. The largest absolute Gasteiger partial charge is 0.452 e. The van der Waals surface area contributed by atoms with Crippen molar-refractivity contribution in [3.05, 3.63) is 39.9 Å². The molecule has 0 aliphatic carbocycles. The molecule has 1 amide bonds. The van der Waals surface area contributed by atoms with E-state index in [2.05, 4.69) is 4.98 Å². The summed E-state index contributed by atoms with van der Waals surface area (Å²) in [5.74, 6) is 0.0755. The number of nitrogens with zero attached hydrogens (tertiary/aromatic N) is 3. The summed E-state index contributed by atoms with van der Waals surface area (Å²) >= 11 is 0. The van der Waals surface area contributed by atoms with E-state index in [4.69, 9.17) is 4.74 Å². The van der Waals surface area contributed by atoms with Crippen LogP contribution in [0.25, 0.3) is 10.9 Å². The standard InChI is InChI=1S/C23H29N3O4/c27-21(25-12-6-3-4-7-13-25)16-30-23(29)17-10-11-18-19(15-17)24-20-9-5-1-2-8-14-26(20)22(18)28/h10-11,15H,1-9,12-14,16H2. The number of benzene rings is 1. The van der Waals surface area contributed by atoms with Crippen molar-refractivity contribution >= 4 is 22.8 Å². The highest BCUT2D eigenvalue weighted by atomic mass is 16.5. The summed E-state index contributed by atoms with van der Waals surface area (Å²) in [4.78, 5) is 44.2. The van der Waals surface area contributed by atoms with Crippen LogP contribution in [-0.4, -0.2) is 46.0 Å². The molecule has 0 atom stereocenters. The molecule has 2 aliphatic rings. The van der Waals surface area contributed by atoms with Crippen molar-refractivity contribution in [2.75, 3.05) is 19.7 Å². The number of likely N-dealkylation sites (tertiary alicyclic amines) is 1. The van der Waals surface area contributed by atoms with E-state index >= 15 is 0 Å². The predicted molar refractivity (Wildman–Crippen MR) is 114 cm³/mol. The van der Waals surface area contributed by atoms with Crippen LogP contribution < -0.4 is 5.56 Å². The Hall–Kier alpha value is -2.70. The number of ether oxygens (including phenoxy) is 1. The lowest BCUT2D eigenvalue weighted by molar-refractivity contribution is -0.134. The van der Waals surface area contributed by atoms with Crippen LogP contribution >= 0.6 is 0 Å². The molecule has 0 spiro atoms. The van der Waals surface area contributed by atoms with E-state index in [9.17, 15) is 14.4 Å². The van der Waals surface area contributed by atoms with Gasteiger partial charge >= 0.3 is 5.97 Å². The van der Waals surface area contributed by atoms with Crippen molar-refractivity contribution in [3.63, 3.8) is 0 Å². The Labute approximate surface area is 176 Å². The van der Waals surface area contributed by atoms with Crippen molar-refractivity contribution < 1.29 is 14.3 Å². The summed E-state index contributed by atoms with van der Waals surface area (Å²) in [6, 6.07) is 4.83. The van der Waals surface area contributed by atoms with Crippen molar-refractivity contribution in [1.82, 2.24) is 14.5 Å². The van der Waals surface area contributed by atoms with Gasteiger partial charge in [-0.25, -0.2) is 9.78 Å². The van der Waals surface area contributed by atoms with Crippen LogP contribution in [0.2, 0.25) is 0 Å². The quantitative estimate of drug-likeness (QED) is 0.725. The lowest BCUT2D eigenvalue weighted by Crippen LogP contribution is -2.35. The van der Waals surface area contributed by atoms with Crippen LogP contribution in [0.4, 0.5) is 0 Å². The first-order chi connectivity index (χ1) is 14.6. The molecule has 160 valence electrons. The summed E-state index contributed by atoms with van der Waals surface area (Å²) in [6.07, 6.45) is 9.30. The summed E-state index contributed by atoms with van der Waals surface area (Å²) < 4.78 is 7.05. The van der Waals surface area contributed by atoms with Gasteiger partial charge in [0.2, 0.25) is 0 Å². The first kappa shape index (κ1) is 20.6. The van der Waals surface area contributed by atoms with Gasteiger partial charge in [-0.05, 0) is 43.9 Å². The zero-order chi connectivity index (χ0) is 20.9. The van der Waals surface area contributed by atoms with Gasteiger partial charge in [0.25, 0.3) is 11.5 Å². The number of rotatable bonds is 3. The Bertz CT molecular complexity index is 990. The first-order valence-electron chi connectivity index (χ1n) is 11.1. The number of aryl methyl sites for hydroxylation is 1. The molecule has 7 heteroatoms. The third-order valence-corrected chi connectivity index (χ3v) is 6.09. The normalized spacial score (nSPS) is 17.5. The van der Waals surface area contributed by atoms with Crippen LogP contribution in [-0.2, 0) is 22.5 Å². The van der Waals surface area contributed by atoms with Gasteiger partial charge in [-0.3, -0.25) is 14.2 Å². The van der Waals surface area contributed by atoms with Gasteiger partial charge < -0.3 is 9.64 Å². The molecule has 1 saturated heterocycles. The van der Waals surface area contributed by atoms with Crippen molar-refractivity contribution in [2.24, 2.45) is 0 Å². The van der Waals surface area contributed by atoms with E-state index in [0.717, 1.165) is 76.7 Å². The number of aromatic nitrogens is 2. The van der Waals surface area contributed by atoms with Gasteiger partial charge in [-0.1, -0.05) is 25.7 Å². The lowest BCUT2D eigenvalue weighted by atomic mass is 10.1. The Balaban J connectivity index is 1.49. The first-order valence-corrected chi connectivity index (χ1v) is 11.1. The molecule has 30 heavy (non-hydrogen) atoms. The summed E-state index contributed by atoms with van der Waals surface area (Å²) in [5, 5.41) is 0.511. The fourth-order valence-electron chi connectivity index (χ4n) is 4.34. The minimum absolute atomic E-state index is 0.0480.